The molecule has 10 heteroatoms. The van der Waals surface area contributed by atoms with Gasteiger partial charge in [0.1, 0.15) is 16.2 Å². The second-order valence-corrected chi connectivity index (χ2v) is 11.9. The van der Waals surface area contributed by atoms with Crippen molar-refractivity contribution in [3.8, 4) is 0 Å². The van der Waals surface area contributed by atoms with Gasteiger partial charge < -0.3 is 0 Å². The van der Waals surface area contributed by atoms with Gasteiger partial charge in [0, 0.05) is 19.0 Å². The molecule has 5 rings (SSSR count). The number of hydrogen-bond acceptors (Lipinski definition) is 5. The topological polar surface area (TPSA) is 70.6 Å². The van der Waals surface area contributed by atoms with Crippen molar-refractivity contribution in [3.05, 3.63) is 89.2 Å². The first kappa shape index (κ1) is 24.8. The lowest BCUT2D eigenvalue weighted by Crippen LogP contribution is -2.44. The third-order valence-electron chi connectivity index (χ3n) is 6.30. The Morgan fingerprint density at radius 2 is 1.72 bits per heavy atom. The second-order valence-electron chi connectivity index (χ2n) is 8.60. The van der Waals surface area contributed by atoms with E-state index in [1.807, 2.05) is 42.5 Å². The Labute approximate surface area is 218 Å². The largest absolute Gasteiger partial charge is 0.283 e. The van der Waals surface area contributed by atoms with Gasteiger partial charge in [-0.05, 0) is 42.7 Å². The van der Waals surface area contributed by atoms with E-state index in [4.69, 9.17) is 11.6 Å². The van der Waals surface area contributed by atoms with E-state index in [0.29, 0.717) is 35.1 Å². The van der Waals surface area contributed by atoms with Crippen molar-refractivity contribution in [1.82, 2.24) is 9.29 Å². The van der Waals surface area contributed by atoms with Gasteiger partial charge in [0.2, 0.25) is 15.9 Å². The number of benzene rings is 3. The number of thiazole rings is 1. The van der Waals surface area contributed by atoms with Crippen LogP contribution in [0, 0.1) is 11.7 Å². The van der Waals surface area contributed by atoms with Crippen molar-refractivity contribution < 1.29 is 17.6 Å². The number of aromatic nitrogens is 1. The molecule has 1 saturated heterocycles. The Kier molecular flexibility index (Phi) is 7.07. The normalized spacial score (nSPS) is 15.3. The molecular formula is C26H23ClFN3O3S2. The van der Waals surface area contributed by atoms with E-state index < -0.39 is 15.8 Å². The van der Waals surface area contributed by atoms with E-state index in [0.717, 1.165) is 16.3 Å². The first-order valence-electron chi connectivity index (χ1n) is 11.5. The van der Waals surface area contributed by atoms with Crippen LogP contribution in [0.1, 0.15) is 18.4 Å². The summed E-state index contributed by atoms with van der Waals surface area (Å²) in [5, 5.41) is 1.07. The maximum Gasteiger partial charge on any atom is 0.245 e. The van der Waals surface area contributed by atoms with E-state index >= 15 is 0 Å². The molecule has 36 heavy (non-hydrogen) atoms. The first-order valence-corrected chi connectivity index (χ1v) is 14.1. The molecule has 1 amide bonds. The van der Waals surface area contributed by atoms with Gasteiger partial charge in [-0.3, -0.25) is 9.69 Å². The monoisotopic (exact) mass is 543 g/mol. The van der Waals surface area contributed by atoms with E-state index in [1.165, 1.54) is 33.8 Å². The second kappa shape index (κ2) is 10.3. The molecule has 1 fully saturated rings. The molecule has 3 aromatic carbocycles. The van der Waals surface area contributed by atoms with E-state index in [2.05, 4.69) is 4.98 Å². The van der Waals surface area contributed by atoms with Crippen LogP contribution < -0.4 is 4.90 Å². The first-order chi connectivity index (χ1) is 17.3. The molecule has 4 aromatic rings. The molecule has 1 aliphatic heterocycles. The highest BCUT2D eigenvalue weighted by molar-refractivity contribution is 7.89. The Morgan fingerprint density at radius 1 is 1.03 bits per heavy atom. The van der Waals surface area contributed by atoms with Crippen molar-refractivity contribution in [2.45, 2.75) is 24.3 Å². The van der Waals surface area contributed by atoms with E-state index in [9.17, 15) is 17.6 Å². The van der Waals surface area contributed by atoms with Crippen molar-refractivity contribution in [1.29, 1.82) is 0 Å². The van der Waals surface area contributed by atoms with E-state index in [1.54, 1.807) is 11.0 Å². The quantitative estimate of drug-likeness (QED) is 0.312. The summed E-state index contributed by atoms with van der Waals surface area (Å²) >= 11 is 7.73. The van der Waals surface area contributed by atoms with Crippen LogP contribution in [0.15, 0.2) is 77.7 Å². The standard InChI is InChI=1S/C26H23ClFN3O3S2/c27-20-9-6-11-22-24(20)29-26(35-22)31(17-18-7-2-1-3-8-18)25(32)19-13-15-30(16-14-19)36(33,34)23-12-5-4-10-21(23)28/h1-12,19H,13-17H2. The minimum atomic E-state index is -3.98. The average molecular weight is 544 g/mol. The van der Waals surface area contributed by atoms with Crippen molar-refractivity contribution >= 4 is 54.2 Å². The van der Waals surface area contributed by atoms with Crippen LogP contribution >= 0.6 is 22.9 Å². The summed E-state index contributed by atoms with van der Waals surface area (Å²) in [6.07, 6.45) is 0.674. The Bertz CT molecular complexity index is 1500. The van der Waals surface area contributed by atoms with Crippen LogP contribution in [0.2, 0.25) is 5.02 Å². The molecule has 0 bridgehead atoms. The molecule has 0 atom stereocenters. The summed E-state index contributed by atoms with van der Waals surface area (Å²) in [6, 6.07) is 20.5. The zero-order valence-corrected chi connectivity index (χ0v) is 21.6. The van der Waals surface area contributed by atoms with Crippen LogP contribution in [0.4, 0.5) is 9.52 Å². The third-order valence-corrected chi connectivity index (χ3v) is 9.58. The smallest absolute Gasteiger partial charge is 0.245 e. The number of carbonyl (C=O) groups is 1. The molecule has 6 nitrogen and oxygen atoms in total. The Hall–Kier alpha value is -2.85. The number of piperidine rings is 1. The molecule has 0 unspecified atom stereocenters. The zero-order chi connectivity index (χ0) is 25.3. The van der Waals surface area contributed by atoms with Crippen molar-refractivity contribution in [2.75, 3.05) is 18.0 Å². The molecule has 0 radical (unpaired) electrons. The van der Waals surface area contributed by atoms with Crippen LogP contribution in [0.5, 0.6) is 0 Å². The number of nitrogens with zero attached hydrogens (tertiary/aromatic N) is 3. The molecular weight excluding hydrogens is 521 g/mol. The summed E-state index contributed by atoms with van der Waals surface area (Å²) in [7, 11) is -3.98. The lowest BCUT2D eigenvalue weighted by atomic mass is 9.96. The molecule has 1 aromatic heterocycles. The van der Waals surface area contributed by atoms with Crippen molar-refractivity contribution in [2.24, 2.45) is 5.92 Å². The number of hydrogen-bond donors (Lipinski definition) is 0. The number of para-hydroxylation sites is 1. The molecule has 1 aliphatic rings. The van der Waals surface area contributed by atoms with Gasteiger partial charge in [0.25, 0.3) is 0 Å². The summed E-state index contributed by atoms with van der Waals surface area (Å²) in [5.74, 6) is -1.28. The van der Waals surface area contributed by atoms with Crippen LogP contribution in [0.3, 0.4) is 0 Å². The zero-order valence-electron chi connectivity index (χ0n) is 19.2. The molecule has 0 saturated carbocycles. The number of fused-ring (bicyclic) bond motifs is 1. The summed E-state index contributed by atoms with van der Waals surface area (Å²) in [6.45, 7) is 0.612. The van der Waals surface area contributed by atoms with Gasteiger partial charge in [0.15, 0.2) is 5.13 Å². The number of halogens is 2. The van der Waals surface area contributed by atoms with Gasteiger partial charge in [-0.25, -0.2) is 17.8 Å². The molecule has 0 aliphatic carbocycles. The number of rotatable bonds is 6. The van der Waals surface area contributed by atoms with Gasteiger partial charge in [-0.2, -0.15) is 4.31 Å². The SMILES string of the molecule is O=C(C1CCN(S(=O)(=O)c2ccccc2F)CC1)N(Cc1ccccc1)c1nc2c(Cl)cccc2s1. The predicted octanol–water partition coefficient (Wildman–Crippen LogP) is 5.72. The highest BCUT2D eigenvalue weighted by atomic mass is 35.5. The number of sulfonamides is 1. The summed E-state index contributed by atoms with van der Waals surface area (Å²) in [4.78, 5) is 19.8. The fourth-order valence-corrected chi connectivity index (χ4v) is 7.19. The minimum absolute atomic E-state index is 0.114. The highest BCUT2D eigenvalue weighted by Gasteiger charge is 2.36. The predicted molar refractivity (Wildman–Crippen MR) is 140 cm³/mol. The third kappa shape index (κ3) is 4.88. The number of amides is 1. The van der Waals surface area contributed by atoms with Crippen LogP contribution in [-0.2, 0) is 21.4 Å². The van der Waals surface area contributed by atoms with Gasteiger partial charge in [-0.15, -0.1) is 0 Å². The maximum atomic E-state index is 14.2. The fraction of sp³-hybridized carbons (Fsp3) is 0.231. The highest BCUT2D eigenvalue weighted by Crippen LogP contribution is 2.35. The molecule has 2 heterocycles. The fourth-order valence-electron chi connectivity index (χ4n) is 4.38. The minimum Gasteiger partial charge on any atom is -0.283 e. The van der Waals surface area contributed by atoms with Gasteiger partial charge in [-0.1, -0.05) is 71.5 Å². The number of anilines is 1. The lowest BCUT2D eigenvalue weighted by Gasteiger charge is -2.33. The van der Waals surface area contributed by atoms with Gasteiger partial charge in [0.05, 0.1) is 16.3 Å². The summed E-state index contributed by atoms with van der Waals surface area (Å²) in [5.41, 5.74) is 1.60. The van der Waals surface area contributed by atoms with E-state index in [-0.39, 0.29) is 29.8 Å². The molecule has 0 N–H and O–H groups in total. The molecule has 186 valence electrons. The Balaban J connectivity index is 1.39. The van der Waals surface area contributed by atoms with Crippen molar-refractivity contribution in [3.63, 3.8) is 0 Å². The summed E-state index contributed by atoms with van der Waals surface area (Å²) < 4.78 is 42.3. The molecule has 0 spiro atoms. The Morgan fingerprint density at radius 3 is 2.42 bits per heavy atom. The van der Waals surface area contributed by atoms with Crippen LogP contribution in [0.25, 0.3) is 10.2 Å². The maximum absolute atomic E-state index is 14.2. The van der Waals surface area contributed by atoms with Gasteiger partial charge >= 0.3 is 0 Å². The lowest BCUT2D eigenvalue weighted by molar-refractivity contribution is -0.123. The average Bonchev–Trinajstić information content (AvgIpc) is 3.33. The van der Waals surface area contributed by atoms with Crippen LogP contribution in [-0.4, -0.2) is 36.7 Å². The number of carbonyl (C=O) groups excluding carboxylic acids is 1.